The highest BCUT2D eigenvalue weighted by Crippen LogP contribution is 2.64. The van der Waals surface area contributed by atoms with Gasteiger partial charge in [-0.05, 0) is 68.8 Å². The summed E-state index contributed by atoms with van der Waals surface area (Å²) >= 11 is 0. The molecule has 0 spiro atoms. The van der Waals surface area contributed by atoms with Crippen LogP contribution in [-0.2, 0) is 4.79 Å². The van der Waals surface area contributed by atoms with Crippen LogP contribution in [0.2, 0.25) is 0 Å². The van der Waals surface area contributed by atoms with Crippen LogP contribution >= 0.6 is 0 Å². The Morgan fingerprint density at radius 2 is 2.13 bits per heavy atom. The first kappa shape index (κ1) is 16.0. The van der Waals surface area contributed by atoms with Gasteiger partial charge in [-0.25, -0.2) is 0 Å². The van der Waals surface area contributed by atoms with Gasteiger partial charge in [-0.3, -0.25) is 4.79 Å². The number of hydrogen-bond acceptors (Lipinski definition) is 3. The first-order valence-electron chi connectivity index (χ1n) is 8.50. The van der Waals surface area contributed by atoms with E-state index in [1.165, 1.54) is 5.57 Å². The summed E-state index contributed by atoms with van der Waals surface area (Å²) in [5.74, 6) is 0.437. The van der Waals surface area contributed by atoms with Crippen molar-refractivity contribution < 1.29 is 9.90 Å². The molecule has 0 bridgehead atoms. The lowest BCUT2D eigenvalue weighted by Gasteiger charge is -2.58. The Morgan fingerprint density at radius 1 is 1.39 bits per heavy atom. The van der Waals surface area contributed by atoms with Crippen molar-refractivity contribution in [3.63, 3.8) is 0 Å². The van der Waals surface area contributed by atoms with Gasteiger partial charge in [-0.15, -0.1) is 0 Å². The number of aliphatic hydroxyl groups is 1. The second kappa shape index (κ2) is 5.33. The average molecular weight is 313 g/mol. The summed E-state index contributed by atoms with van der Waals surface area (Å²) in [5, 5.41) is 19.6. The van der Waals surface area contributed by atoms with Gasteiger partial charge in [0.1, 0.15) is 5.41 Å². The van der Waals surface area contributed by atoms with Crippen molar-refractivity contribution >= 4 is 5.78 Å². The lowest BCUT2D eigenvalue weighted by Crippen LogP contribution is -2.56. The number of ketones is 1. The fraction of sp³-hybridized carbons (Fsp3) is 0.632. The van der Waals surface area contributed by atoms with Crippen molar-refractivity contribution in [2.45, 2.75) is 52.9 Å². The number of hydrogen-bond donors (Lipinski definition) is 1. The van der Waals surface area contributed by atoms with Crippen LogP contribution in [0, 0.1) is 28.1 Å². The maximum absolute atomic E-state index is 13.1. The van der Waals surface area contributed by atoms with Crippen molar-refractivity contribution in [1.29, 1.82) is 5.39 Å². The van der Waals surface area contributed by atoms with Gasteiger partial charge in [0, 0.05) is 0 Å². The Hall–Kier alpha value is -1.89. The van der Waals surface area contributed by atoms with E-state index in [4.69, 9.17) is 5.39 Å². The molecular weight excluding hydrogens is 288 g/mol. The molecule has 1 saturated carbocycles. The fourth-order valence-corrected chi connectivity index (χ4v) is 5.61. The Labute approximate surface area is 137 Å². The van der Waals surface area contributed by atoms with Crippen molar-refractivity contribution in [2.75, 3.05) is 0 Å². The van der Waals surface area contributed by atoms with Gasteiger partial charge in [-0.1, -0.05) is 24.6 Å². The van der Waals surface area contributed by atoms with Gasteiger partial charge in [-0.2, -0.15) is 0 Å². The number of rotatable bonds is 1. The monoisotopic (exact) mass is 313 g/mol. The van der Waals surface area contributed by atoms with Crippen LogP contribution in [-0.4, -0.2) is 10.9 Å². The normalized spacial score (nSPS) is 40.4. The third-order valence-electron chi connectivity index (χ3n) is 6.77. The maximum atomic E-state index is 13.1. The molecule has 4 nitrogen and oxygen atoms in total. The second-order valence-electron chi connectivity index (χ2n) is 7.69. The van der Waals surface area contributed by atoms with Crippen LogP contribution < -0.4 is 0 Å². The van der Waals surface area contributed by atoms with Gasteiger partial charge >= 0.3 is 6.20 Å². The molecule has 0 radical (unpaired) electrons. The number of fused-ring (bicyclic) bond motifs is 3. The van der Waals surface area contributed by atoms with E-state index in [9.17, 15) is 9.90 Å². The van der Waals surface area contributed by atoms with Crippen LogP contribution in [0.4, 0.5) is 0 Å². The number of allylic oxidation sites excluding steroid dienone is 5. The van der Waals surface area contributed by atoms with Gasteiger partial charge in [0.05, 0.1) is 0 Å². The Morgan fingerprint density at radius 3 is 2.83 bits per heavy atom. The average Bonchev–Trinajstić information content (AvgIpc) is 2.51. The SMILES string of the molecule is CC1=CC[C@@H]2[C@@]3(C)CCC=C(C)[C@@H]3CC[C@@]2(/C(O)=C/[N+]#N)C1=O. The first-order valence-corrected chi connectivity index (χ1v) is 8.50. The summed E-state index contributed by atoms with van der Waals surface area (Å²) in [5.41, 5.74) is 1.19. The van der Waals surface area contributed by atoms with Crippen molar-refractivity contribution in [3.05, 3.63) is 40.2 Å². The molecule has 3 aliphatic rings. The first-order chi connectivity index (χ1) is 10.9. The molecule has 23 heavy (non-hydrogen) atoms. The van der Waals surface area contributed by atoms with Crippen LogP contribution in [0.3, 0.4) is 0 Å². The minimum atomic E-state index is -0.923. The zero-order chi connectivity index (χ0) is 16.8. The summed E-state index contributed by atoms with van der Waals surface area (Å²) in [4.78, 5) is 16.1. The van der Waals surface area contributed by atoms with Crippen LogP contribution in [0.25, 0.3) is 4.98 Å². The number of carbonyl (C=O) groups is 1. The molecule has 1 fully saturated rings. The minimum Gasteiger partial charge on any atom is -0.505 e. The molecule has 0 amide bonds. The maximum Gasteiger partial charge on any atom is 0.388 e. The standard InChI is InChI=1S/C19H24N2O2/c1-12-5-4-9-18(3)14(12)8-10-19(16(22)11-21-20)15(18)7-6-13(2)17(19)23/h5-6,11,14-15H,4,7-10H2,1-3H3/p+1/b16-11-/t14-,15+,18-,19+/m0/s1. The predicted molar refractivity (Wildman–Crippen MR) is 88.9 cm³/mol. The molecule has 0 heterocycles. The fourth-order valence-electron chi connectivity index (χ4n) is 5.61. The number of carbonyl (C=O) groups excluding carboxylic acids is 1. The number of Topliss-reactive ketones (excluding diaryl/α,β-unsaturated/α-hetero) is 1. The Bertz CT molecular complexity index is 682. The summed E-state index contributed by atoms with van der Waals surface area (Å²) < 4.78 is 0. The second-order valence-corrected chi connectivity index (χ2v) is 7.69. The van der Waals surface area contributed by atoms with E-state index in [-0.39, 0.29) is 22.9 Å². The van der Waals surface area contributed by atoms with E-state index >= 15 is 0 Å². The quantitative estimate of drug-likeness (QED) is 0.424. The molecule has 3 rings (SSSR count). The van der Waals surface area contributed by atoms with E-state index in [1.807, 2.05) is 13.0 Å². The third kappa shape index (κ3) is 2.02. The lowest BCUT2D eigenvalue weighted by molar-refractivity contribution is -0.141. The summed E-state index contributed by atoms with van der Waals surface area (Å²) in [6.07, 6.45) is 9.75. The van der Waals surface area contributed by atoms with E-state index in [0.29, 0.717) is 17.9 Å². The zero-order valence-corrected chi connectivity index (χ0v) is 14.2. The highest BCUT2D eigenvalue weighted by molar-refractivity contribution is 6.02. The lowest BCUT2D eigenvalue weighted by atomic mass is 9.44. The topological polar surface area (TPSA) is 65.4 Å². The number of diazo groups is 1. The summed E-state index contributed by atoms with van der Waals surface area (Å²) in [6, 6.07) is 0. The van der Waals surface area contributed by atoms with Crippen LogP contribution in [0.1, 0.15) is 52.9 Å². The van der Waals surface area contributed by atoms with E-state index in [1.54, 1.807) is 0 Å². The van der Waals surface area contributed by atoms with Crippen LogP contribution in [0.15, 0.2) is 35.3 Å². The number of aliphatic hydroxyl groups excluding tert-OH is 1. The highest BCUT2D eigenvalue weighted by atomic mass is 16.3. The van der Waals surface area contributed by atoms with Gasteiger partial charge < -0.3 is 5.11 Å². The minimum absolute atomic E-state index is 0.00182. The van der Waals surface area contributed by atoms with E-state index in [0.717, 1.165) is 31.9 Å². The smallest absolute Gasteiger partial charge is 0.388 e. The molecule has 0 saturated heterocycles. The summed E-state index contributed by atoms with van der Waals surface area (Å²) in [7, 11) is 0. The van der Waals surface area contributed by atoms with Gasteiger partial charge in [0.25, 0.3) is 0 Å². The van der Waals surface area contributed by atoms with Crippen LogP contribution in [0.5, 0.6) is 0 Å². The molecular formula is C19H25N2O2+. The Balaban J connectivity index is 2.18. The molecule has 4 heteroatoms. The van der Waals surface area contributed by atoms with Crippen molar-refractivity contribution in [1.82, 2.24) is 0 Å². The van der Waals surface area contributed by atoms with Gasteiger partial charge in [0.2, 0.25) is 5.39 Å². The molecule has 0 aromatic rings. The summed E-state index contributed by atoms with van der Waals surface area (Å²) in [6.45, 7) is 6.29. The largest absolute Gasteiger partial charge is 0.505 e. The molecule has 0 aliphatic heterocycles. The van der Waals surface area contributed by atoms with Crippen molar-refractivity contribution in [2.24, 2.45) is 22.7 Å². The zero-order valence-electron chi connectivity index (χ0n) is 14.2. The molecule has 122 valence electrons. The van der Waals surface area contributed by atoms with E-state index < -0.39 is 5.41 Å². The van der Waals surface area contributed by atoms with Crippen molar-refractivity contribution in [3.8, 4) is 0 Å². The molecule has 0 aromatic heterocycles. The molecule has 1 N–H and O–H groups in total. The Kier molecular flexibility index (Phi) is 3.71. The molecule has 0 aromatic carbocycles. The number of nitrogens with zero attached hydrogens (tertiary/aromatic N) is 2. The molecule has 4 atom stereocenters. The highest BCUT2D eigenvalue weighted by Gasteiger charge is 2.62. The predicted octanol–water partition coefficient (Wildman–Crippen LogP) is 4.92. The van der Waals surface area contributed by atoms with E-state index in [2.05, 4.69) is 24.9 Å². The third-order valence-corrected chi connectivity index (χ3v) is 6.77. The molecule has 0 unspecified atom stereocenters. The van der Waals surface area contributed by atoms with Gasteiger partial charge in [0.15, 0.2) is 16.5 Å². The molecule has 3 aliphatic carbocycles.